The summed E-state index contributed by atoms with van der Waals surface area (Å²) >= 11 is 0. The van der Waals surface area contributed by atoms with E-state index in [9.17, 15) is 14.4 Å². The Morgan fingerprint density at radius 3 is 2.22 bits per heavy atom. The Bertz CT molecular complexity index is 523. The molecule has 0 radical (unpaired) electrons. The van der Waals surface area contributed by atoms with Crippen LogP contribution in [0.2, 0.25) is 0 Å². The number of hydrogen-bond donors (Lipinski definition) is 0. The molecule has 0 saturated heterocycles. The molecule has 1 aromatic carbocycles. The number of esters is 1. The van der Waals surface area contributed by atoms with E-state index in [1.54, 1.807) is 0 Å². The number of benzene rings is 1. The molecule has 0 amide bonds. The summed E-state index contributed by atoms with van der Waals surface area (Å²) in [7, 11) is 0. The van der Waals surface area contributed by atoms with Crippen LogP contribution in [0.3, 0.4) is 0 Å². The van der Waals surface area contributed by atoms with Crippen molar-refractivity contribution in [1.82, 2.24) is 0 Å². The third-order valence-electron chi connectivity index (χ3n) is 2.93. The highest BCUT2D eigenvalue weighted by Gasteiger charge is 2.24. The SMILES string of the molecule is CC(C)COC(=O)OCC(=O)C(C)C(=O)OCc1ccccc1. The number of Topliss-reactive ketones (excluding diaryl/α,β-unsaturated/α-hetero) is 1. The van der Waals surface area contributed by atoms with Gasteiger partial charge in [0.2, 0.25) is 0 Å². The fourth-order valence-electron chi connectivity index (χ4n) is 1.52. The van der Waals surface area contributed by atoms with Crippen LogP contribution in [0.15, 0.2) is 30.3 Å². The molecule has 0 aliphatic carbocycles. The maximum Gasteiger partial charge on any atom is 0.508 e. The van der Waals surface area contributed by atoms with Gasteiger partial charge in [0.05, 0.1) is 6.61 Å². The zero-order chi connectivity index (χ0) is 17.2. The van der Waals surface area contributed by atoms with Crippen LogP contribution in [0.5, 0.6) is 0 Å². The van der Waals surface area contributed by atoms with Crippen molar-refractivity contribution in [1.29, 1.82) is 0 Å². The first-order valence-corrected chi connectivity index (χ1v) is 7.43. The molecule has 1 aromatic rings. The lowest BCUT2D eigenvalue weighted by atomic mass is 10.1. The predicted molar refractivity (Wildman–Crippen MR) is 82.5 cm³/mol. The van der Waals surface area contributed by atoms with Gasteiger partial charge in [0.15, 0.2) is 12.4 Å². The Labute approximate surface area is 135 Å². The van der Waals surface area contributed by atoms with Crippen LogP contribution in [0.1, 0.15) is 26.3 Å². The first-order valence-electron chi connectivity index (χ1n) is 7.43. The zero-order valence-electron chi connectivity index (χ0n) is 13.6. The van der Waals surface area contributed by atoms with Crippen LogP contribution in [0.25, 0.3) is 0 Å². The summed E-state index contributed by atoms with van der Waals surface area (Å²) in [5.41, 5.74) is 0.828. The van der Waals surface area contributed by atoms with Crippen LogP contribution in [0, 0.1) is 11.8 Å². The standard InChI is InChI=1S/C17H22O6/c1-12(2)9-22-17(20)23-11-15(18)13(3)16(19)21-10-14-7-5-4-6-8-14/h4-8,12-13H,9-11H2,1-3H3. The van der Waals surface area contributed by atoms with E-state index < -0.39 is 30.4 Å². The van der Waals surface area contributed by atoms with Crippen molar-refractivity contribution in [3.05, 3.63) is 35.9 Å². The molecule has 0 bridgehead atoms. The molecular weight excluding hydrogens is 300 g/mol. The molecule has 1 atom stereocenters. The Balaban J connectivity index is 2.32. The lowest BCUT2D eigenvalue weighted by molar-refractivity contribution is -0.153. The molecule has 0 heterocycles. The lowest BCUT2D eigenvalue weighted by Crippen LogP contribution is -2.28. The summed E-state index contributed by atoms with van der Waals surface area (Å²) in [5.74, 6) is -2.02. The van der Waals surface area contributed by atoms with E-state index in [0.717, 1.165) is 5.56 Å². The lowest BCUT2D eigenvalue weighted by Gasteiger charge is -2.11. The van der Waals surface area contributed by atoms with Crippen LogP contribution in [-0.2, 0) is 30.4 Å². The average Bonchev–Trinajstić information content (AvgIpc) is 2.55. The monoisotopic (exact) mass is 322 g/mol. The van der Waals surface area contributed by atoms with Crippen LogP contribution < -0.4 is 0 Å². The van der Waals surface area contributed by atoms with Crippen molar-refractivity contribution < 1.29 is 28.6 Å². The highest BCUT2D eigenvalue weighted by molar-refractivity contribution is 5.99. The maximum absolute atomic E-state index is 11.8. The van der Waals surface area contributed by atoms with Gasteiger partial charge in [-0.15, -0.1) is 0 Å². The van der Waals surface area contributed by atoms with Crippen molar-refractivity contribution >= 4 is 17.9 Å². The molecule has 0 N–H and O–H groups in total. The third-order valence-corrected chi connectivity index (χ3v) is 2.93. The molecule has 0 saturated carbocycles. The minimum atomic E-state index is -1.00. The Hall–Kier alpha value is -2.37. The van der Waals surface area contributed by atoms with Gasteiger partial charge in [-0.2, -0.15) is 0 Å². The summed E-state index contributed by atoms with van der Waals surface area (Å²) in [5, 5.41) is 0. The molecule has 0 aliphatic rings. The Morgan fingerprint density at radius 1 is 0.957 bits per heavy atom. The number of ketones is 1. The number of hydrogen-bond acceptors (Lipinski definition) is 6. The van der Waals surface area contributed by atoms with Crippen LogP contribution in [-0.4, -0.2) is 31.1 Å². The second-order valence-electron chi connectivity index (χ2n) is 5.52. The molecule has 0 aliphatic heterocycles. The van der Waals surface area contributed by atoms with Gasteiger partial charge in [-0.05, 0) is 18.4 Å². The second-order valence-corrected chi connectivity index (χ2v) is 5.52. The fourth-order valence-corrected chi connectivity index (χ4v) is 1.52. The molecule has 1 unspecified atom stereocenters. The summed E-state index contributed by atoms with van der Waals surface area (Å²) in [6, 6.07) is 9.14. The van der Waals surface area contributed by atoms with Gasteiger partial charge in [-0.25, -0.2) is 4.79 Å². The van der Waals surface area contributed by atoms with E-state index in [0.29, 0.717) is 0 Å². The van der Waals surface area contributed by atoms with Gasteiger partial charge in [-0.1, -0.05) is 44.2 Å². The molecule has 0 aromatic heterocycles. The fraction of sp³-hybridized carbons (Fsp3) is 0.471. The minimum absolute atomic E-state index is 0.0918. The maximum atomic E-state index is 11.8. The van der Waals surface area contributed by atoms with Crippen LogP contribution in [0.4, 0.5) is 4.79 Å². The molecule has 1 rings (SSSR count). The quantitative estimate of drug-likeness (QED) is 0.541. The smallest absolute Gasteiger partial charge is 0.460 e. The van der Waals surface area contributed by atoms with Gasteiger partial charge >= 0.3 is 12.1 Å². The number of ether oxygens (including phenoxy) is 3. The van der Waals surface area contributed by atoms with E-state index in [4.69, 9.17) is 9.47 Å². The molecular formula is C17H22O6. The first-order chi connectivity index (χ1) is 10.9. The molecule has 126 valence electrons. The van der Waals surface area contributed by atoms with Crippen molar-refractivity contribution in [3.8, 4) is 0 Å². The van der Waals surface area contributed by atoms with Crippen molar-refractivity contribution in [3.63, 3.8) is 0 Å². The van der Waals surface area contributed by atoms with Gasteiger partial charge in [0.1, 0.15) is 12.5 Å². The predicted octanol–water partition coefficient (Wildman–Crippen LogP) is 2.74. The second kappa shape index (κ2) is 9.61. The van der Waals surface area contributed by atoms with Crippen LogP contribution >= 0.6 is 0 Å². The number of carbonyl (C=O) groups excluding carboxylic acids is 3. The molecule has 23 heavy (non-hydrogen) atoms. The van der Waals surface area contributed by atoms with Gasteiger partial charge in [-0.3, -0.25) is 9.59 Å². The van der Waals surface area contributed by atoms with Gasteiger partial charge in [0, 0.05) is 0 Å². The van der Waals surface area contributed by atoms with Crippen molar-refractivity contribution in [2.75, 3.05) is 13.2 Å². The summed E-state index contributed by atoms with van der Waals surface area (Å²) in [6.45, 7) is 4.96. The van der Waals surface area contributed by atoms with Gasteiger partial charge < -0.3 is 14.2 Å². The summed E-state index contributed by atoms with van der Waals surface area (Å²) in [4.78, 5) is 34.8. The first kappa shape index (κ1) is 18.7. The summed E-state index contributed by atoms with van der Waals surface area (Å²) in [6.07, 6.45) is -0.920. The topological polar surface area (TPSA) is 78.9 Å². The van der Waals surface area contributed by atoms with E-state index in [1.807, 2.05) is 44.2 Å². The van der Waals surface area contributed by atoms with E-state index in [2.05, 4.69) is 4.74 Å². The number of rotatable bonds is 8. The van der Waals surface area contributed by atoms with E-state index >= 15 is 0 Å². The van der Waals surface area contributed by atoms with Crippen molar-refractivity contribution in [2.45, 2.75) is 27.4 Å². The van der Waals surface area contributed by atoms with Gasteiger partial charge in [0.25, 0.3) is 0 Å². The number of carbonyl (C=O) groups is 3. The molecule has 0 fully saturated rings. The summed E-state index contributed by atoms with van der Waals surface area (Å²) < 4.78 is 14.5. The largest absolute Gasteiger partial charge is 0.508 e. The normalized spacial score (nSPS) is 11.7. The Kier molecular flexibility index (Phi) is 7.80. The average molecular weight is 322 g/mol. The molecule has 0 spiro atoms. The zero-order valence-corrected chi connectivity index (χ0v) is 13.6. The third kappa shape index (κ3) is 7.44. The van der Waals surface area contributed by atoms with Crippen molar-refractivity contribution in [2.24, 2.45) is 11.8 Å². The highest BCUT2D eigenvalue weighted by Crippen LogP contribution is 2.06. The molecule has 6 heteroatoms. The Morgan fingerprint density at radius 2 is 1.61 bits per heavy atom. The minimum Gasteiger partial charge on any atom is -0.460 e. The highest BCUT2D eigenvalue weighted by atomic mass is 16.7. The molecule has 6 nitrogen and oxygen atoms in total. The van der Waals surface area contributed by atoms with E-state index in [1.165, 1.54) is 6.92 Å². The van der Waals surface area contributed by atoms with E-state index in [-0.39, 0.29) is 19.1 Å².